The minimum Gasteiger partial charge on any atom is -0.497 e. The van der Waals surface area contributed by atoms with E-state index in [0.717, 1.165) is 19.3 Å². The second kappa shape index (κ2) is 14.7. The van der Waals surface area contributed by atoms with Crippen LogP contribution in [0.25, 0.3) is 0 Å². The van der Waals surface area contributed by atoms with Gasteiger partial charge >= 0.3 is 0 Å². The molecule has 1 heterocycles. The van der Waals surface area contributed by atoms with Crippen molar-refractivity contribution in [2.45, 2.75) is 84.7 Å². The molecule has 202 valence electrons. The molecule has 8 heteroatoms. The fraction of sp³-hybridized carbons (Fsp3) is 0.679. The van der Waals surface area contributed by atoms with E-state index in [4.69, 9.17) is 9.47 Å². The van der Waals surface area contributed by atoms with Crippen molar-refractivity contribution in [3.63, 3.8) is 0 Å². The Labute approximate surface area is 216 Å². The summed E-state index contributed by atoms with van der Waals surface area (Å²) in [6.07, 6.45) is 6.88. The van der Waals surface area contributed by atoms with E-state index < -0.39 is 6.04 Å². The maximum atomic E-state index is 13.6. The van der Waals surface area contributed by atoms with Gasteiger partial charge in [0.1, 0.15) is 17.5 Å². The molecule has 8 nitrogen and oxygen atoms in total. The lowest BCUT2D eigenvalue weighted by atomic mass is 9.96. The van der Waals surface area contributed by atoms with E-state index in [2.05, 4.69) is 12.2 Å². The van der Waals surface area contributed by atoms with Crippen molar-refractivity contribution in [1.82, 2.24) is 15.1 Å². The maximum Gasteiger partial charge on any atom is 0.255 e. The highest BCUT2D eigenvalue weighted by Crippen LogP contribution is 2.25. The van der Waals surface area contributed by atoms with E-state index in [1.807, 2.05) is 25.7 Å². The van der Waals surface area contributed by atoms with Gasteiger partial charge in [-0.15, -0.1) is 0 Å². The molecule has 3 atom stereocenters. The van der Waals surface area contributed by atoms with E-state index >= 15 is 0 Å². The van der Waals surface area contributed by atoms with Crippen LogP contribution in [0, 0.1) is 5.92 Å². The normalized spacial score (nSPS) is 17.3. The Hall–Kier alpha value is -2.77. The van der Waals surface area contributed by atoms with Crippen LogP contribution >= 0.6 is 0 Å². The van der Waals surface area contributed by atoms with Gasteiger partial charge < -0.3 is 24.6 Å². The monoisotopic (exact) mass is 503 g/mol. The van der Waals surface area contributed by atoms with Gasteiger partial charge in [-0.25, -0.2) is 0 Å². The lowest BCUT2D eigenvalue weighted by molar-refractivity contribution is -0.144. The molecule has 3 amide bonds. The number of benzene rings is 1. The van der Waals surface area contributed by atoms with E-state index in [9.17, 15) is 14.4 Å². The van der Waals surface area contributed by atoms with Gasteiger partial charge in [-0.05, 0) is 31.4 Å². The number of unbranched alkanes of at least 4 members (excludes halogenated alkanes) is 4. The van der Waals surface area contributed by atoms with Gasteiger partial charge in [-0.2, -0.15) is 0 Å². The molecular weight excluding hydrogens is 458 g/mol. The molecule has 0 spiro atoms. The van der Waals surface area contributed by atoms with E-state index in [0.29, 0.717) is 43.1 Å². The van der Waals surface area contributed by atoms with E-state index in [1.54, 1.807) is 30.2 Å². The Balaban J connectivity index is 2.03. The molecule has 1 fully saturated rings. The number of methoxy groups -OCH3 is 2. The highest BCUT2D eigenvalue weighted by atomic mass is 16.5. The topological polar surface area (TPSA) is 88.2 Å². The number of ether oxygens (including phenoxy) is 2. The molecule has 1 aliphatic rings. The molecular formula is C28H45N3O5. The first-order valence-corrected chi connectivity index (χ1v) is 13.4. The third-order valence-corrected chi connectivity index (χ3v) is 7.17. The number of piperazine rings is 1. The second-order valence-corrected chi connectivity index (χ2v) is 9.79. The summed E-state index contributed by atoms with van der Waals surface area (Å²) >= 11 is 0. The number of hydrogen-bond donors (Lipinski definition) is 1. The SMILES string of the molecule is CCCCCCCC(=O)N1CCN(C(=O)[C@H](NC(=O)c2ccc(OC)cc2OC)[C@@H](C)CC)C[C@H]1C. The zero-order chi connectivity index (χ0) is 26.7. The summed E-state index contributed by atoms with van der Waals surface area (Å²) in [6.45, 7) is 9.61. The van der Waals surface area contributed by atoms with Crippen LogP contribution in [-0.2, 0) is 9.59 Å². The molecule has 0 radical (unpaired) electrons. The standard InChI is InChI=1S/C28H45N3O5/c1-7-9-10-11-12-13-25(32)31-17-16-30(19-21(31)4)28(34)26(20(3)8-2)29-27(33)23-15-14-22(35-5)18-24(23)36-6/h14-15,18,20-21,26H,7-13,16-17,19H2,1-6H3,(H,29,33)/t20-,21+,26+/m0/s1. The first-order valence-electron chi connectivity index (χ1n) is 13.4. The van der Waals surface area contributed by atoms with Crippen LogP contribution in [0.5, 0.6) is 11.5 Å². The first-order chi connectivity index (χ1) is 17.3. The minimum atomic E-state index is -0.665. The highest BCUT2D eigenvalue weighted by Gasteiger charge is 2.35. The van der Waals surface area contributed by atoms with Crippen molar-refractivity contribution >= 4 is 17.7 Å². The number of amides is 3. The summed E-state index contributed by atoms with van der Waals surface area (Å²) < 4.78 is 10.6. The lowest BCUT2D eigenvalue weighted by Crippen LogP contribution is -2.60. The Kier molecular flexibility index (Phi) is 12.0. The predicted octanol–water partition coefficient (Wildman–Crippen LogP) is 4.27. The van der Waals surface area contributed by atoms with Gasteiger partial charge in [-0.1, -0.05) is 52.9 Å². The first kappa shape index (κ1) is 29.5. The molecule has 0 aliphatic carbocycles. The molecule has 0 bridgehead atoms. The van der Waals surface area contributed by atoms with E-state index in [1.165, 1.54) is 26.4 Å². The van der Waals surface area contributed by atoms with Crippen LogP contribution in [-0.4, -0.2) is 73.5 Å². The van der Waals surface area contributed by atoms with Gasteiger partial charge in [-0.3, -0.25) is 14.4 Å². The van der Waals surface area contributed by atoms with Crippen LogP contribution in [0.1, 0.15) is 83.0 Å². The molecule has 1 aromatic rings. The number of carbonyl (C=O) groups is 3. The molecule has 1 N–H and O–H groups in total. The second-order valence-electron chi connectivity index (χ2n) is 9.79. The summed E-state index contributed by atoms with van der Waals surface area (Å²) in [5.41, 5.74) is 0.349. The Morgan fingerprint density at radius 3 is 2.39 bits per heavy atom. The Bertz CT molecular complexity index is 875. The summed E-state index contributed by atoms with van der Waals surface area (Å²) in [5.74, 6) is 0.619. The quantitative estimate of drug-likeness (QED) is 0.406. The average molecular weight is 504 g/mol. The van der Waals surface area contributed by atoms with Gasteiger partial charge in [0.15, 0.2) is 0 Å². The summed E-state index contributed by atoms with van der Waals surface area (Å²) in [6, 6.07) is 4.26. The van der Waals surface area contributed by atoms with Crippen molar-refractivity contribution in [3.05, 3.63) is 23.8 Å². The molecule has 36 heavy (non-hydrogen) atoms. The fourth-order valence-electron chi connectivity index (χ4n) is 4.64. The van der Waals surface area contributed by atoms with Crippen LogP contribution in [0.15, 0.2) is 18.2 Å². The fourth-order valence-corrected chi connectivity index (χ4v) is 4.64. The zero-order valence-corrected chi connectivity index (χ0v) is 23.0. The molecule has 1 aliphatic heterocycles. The van der Waals surface area contributed by atoms with Crippen molar-refractivity contribution in [1.29, 1.82) is 0 Å². The third-order valence-electron chi connectivity index (χ3n) is 7.17. The molecule has 0 unspecified atom stereocenters. The van der Waals surface area contributed by atoms with Gasteiger partial charge in [0, 0.05) is 38.2 Å². The number of hydrogen-bond acceptors (Lipinski definition) is 5. The van der Waals surface area contributed by atoms with Crippen LogP contribution < -0.4 is 14.8 Å². The summed E-state index contributed by atoms with van der Waals surface area (Å²) in [4.78, 5) is 43.2. The maximum absolute atomic E-state index is 13.6. The van der Waals surface area contributed by atoms with E-state index in [-0.39, 0.29) is 29.7 Å². The lowest BCUT2D eigenvalue weighted by Gasteiger charge is -2.41. The van der Waals surface area contributed by atoms with Crippen LogP contribution in [0.4, 0.5) is 0 Å². The number of nitrogens with one attached hydrogen (secondary N) is 1. The number of nitrogens with zero attached hydrogens (tertiary/aromatic N) is 2. The third kappa shape index (κ3) is 7.87. The Morgan fingerprint density at radius 2 is 1.78 bits per heavy atom. The van der Waals surface area contributed by atoms with Crippen molar-refractivity contribution in [2.75, 3.05) is 33.9 Å². The van der Waals surface area contributed by atoms with Crippen molar-refractivity contribution in [2.24, 2.45) is 5.92 Å². The number of carbonyl (C=O) groups excluding carboxylic acids is 3. The predicted molar refractivity (Wildman–Crippen MR) is 141 cm³/mol. The highest BCUT2D eigenvalue weighted by molar-refractivity contribution is 6.00. The molecule has 2 rings (SSSR count). The van der Waals surface area contributed by atoms with Gasteiger partial charge in [0.05, 0.1) is 19.8 Å². The minimum absolute atomic E-state index is 0.0521. The van der Waals surface area contributed by atoms with Gasteiger partial charge in [0.25, 0.3) is 5.91 Å². The smallest absolute Gasteiger partial charge is 0.255 e. The Morgan fingerprint density at radius 1 is 1.06 bits per heavy atom. The molecule has 1 saturated heterocycles. The van der Waals surface area contributed by atoms with Crippen LogP contribution in [0.3, 0.4) is 0 Å². The molecule has 1 aromatic carbocycles. The largest absolute Gasteiger partial charge is 0.497 e. The average Bonchev–Trinajstić information content (AvgIpc) is 2.89. The summed E-state index contributed by atoms with van der Waals surface area (Å²) in [7, 11) is 3.05. The van der Waals surface area contributed by atoms with Gasteiger partial charge in [0.2, 0.25) is 11.8 Å². The number of rotatable bonds is 13. The molecule has 0 aromatic heterocycles. The molecule has 0 saturated carbocycles. The zero-order valence-electron chi connectivity index (χ0n) is 23.0. The van der Waals surface area contributed by atoms with Crippen LogP contribution in [0.2, 0.25) is 0 Å². The summed E-state index contributed by atoms with van der Waals surface area (Å²) in [5, 5.41) is 2.96. The van der Waals surface area contributed by atoms with Crippen molar-refractivity contribution < 1.29 is 23.9 Å². The van der Waals surface area contributed by atoms with Crippen molar-refractivity contribution in [3.8, 4) is 11.5 Å².